The van der Waals surface area contributed by atoms with Crippen molar-refractivity contribution in [1.82, 2.24) is 0 Å². The number of carbonyl (C=O) groups excluding carboxylic acids is 2. The number of hydrogen-bond acceptors (Lipinski definition) is 4. The van der Waals surface area contributed by atoms with E-state index in [4.69, 9.17) is 9.47 Å². The van der Waals surface area contributed by atoms with Crippen LogP contribution in [0, 0.1) is 6.92 Å². The van der Waals surface area contributed by atoms with Crippen molar-refractivity contribution >= 4 is 23.2 Å². The van der Waals surface area contributed by atoms with Crippen molar-refractivity contribution in [3.8, 4) is 5.75 Å². The van der Waals surface area contributed by atoms with Crippen molar-refractivity contribution in [3.05, 3.63) is 54.1 Å². The third-order valence-corrected chi connectivity index (χ3v) is 4.02. The van der Waals surface area contributed by atoms with Crippen LogP contribution in [0.25, 0.3) is 0 Å². The standard InChI is InChI=1S/C20H22N2O4/c1-14-4-2-5-17(12-14)26-13-19(23)21-15-7-9-16(10-8-15)22-20(24)18-6-3-11-25-18/h2,4-5,7-10,12,18H,3,6,11,13H2,1H3,(H,21,23)(H,22,24). The van der Waals surface area contributed by atoms with Crippen LogP contribution in [-0.2, 0) is 14.3 Å². The first-order valence-corrected chi connectivity index (χ1v) is 8.62. The molecule has 1 fully saturated rings. The maximum atomic E-state index is 12.0. The molecular formula is C20H22N2O4. The SMILES string of the molecule is Cc1cccc(OCC(=O)Nc2ccc(NC(=O)C3CCCO3)cc2)c1. The van der Waals surface area contributed by atoms with Crippen LogP contribution in [-0.4, -0.2) is 31.1 Å². The Kier molecular flexibility index (Phi) is 5.86. The summed E-state index contributed by atoms with van der Waals surface area (Å²) in [6, 6.07) is 14.5. The average Bonchev–Trinajstić information content (AvgIpc) is 3.17. The Morgan fingerprint density at radius 1 is 1.12 bits per heavy atom. The Hall–Kier alpha value is -2.86. The predicted molar refractivity (Wildman–Crippen MR) is 99.3 cm³/mol. The van der Waals surface area contributed by atoms with Crippen LogP contribution in [0.1, 0.15) is 18.4 Å². The molecule has 1 unspecified atom stereocenters. The number of carbonyl (C=O) groups is 2. The van der Waals surface area contributed by atoms with E-state index in [1.54, 1.807) is 24.3 Å². The summed E-state index contributed by atoms with van der Waals surface area (Å²) in [6.45, 7) is 2.53. The van der Waals surface area contributed by atoms with Gasteiger partial charge in [0.2, 0.25) is 0 Å². The molecule has 6 heteroatoms. The fraction of sp³-hybridized carbons (Fsp3) is 0.300. The van der Waals surface area contributed by atoms with Gasteiger partial charge in [0, 0.05) is 18.0 Å². The molecule has 1 aliphatic rings. The molecule has 0 radical (unpaired) electrons. The largest absolute Gasteiger partial charge is 0.484 e. The number of ether oxygens (including phenoxy) is 2. The Bertz CT molecular complexity index is 768. The van der Waals surface area contributed by atoms with Crippen molar-refractivity contribution in [2.45, 2.75) is 25.9 Å². The van der Waals surface area contributed by atoms with Crippen LogP contribution in [0.15, 0.2) is 48.5 Å². The molecule has 0 spiro atoms. The topological polar surface area (TPSA) is 76.7 Å². The van der Waals surface area contributed by atoms with E-state index in [0.717, 1.165) is 18.4 Å². The smallest absolute Gasteiger partial charge is 0.262 e. The van der Waals surface area contributed by atoms with E-state index in [1.165, 1.54) is 0 Å². The second kappa shape index (κ2) is 8.49. The quantitative estimate of drug-likeness (QED) is 0.836. The molecule has 136 valence electrons. The summed E-state index contributed by atoms with van der Waals surface area (Å²) in [7, 11) is 0. The maximum Gasteiger partial charge on any atom is 0.262 e. The van der Waals surface area contributed by atoms with Crippen molar-refractivity contribution in [3.63, 3.8) is 0 Å². The number of aryl methyl sites for hydroxylation is 1. The predicted octanol–water partition coefficient (Wildman–Crippen LogP) is 3.13. The Labute approximate surface area is 152 Å². The third kappa shape index (κ3) is 5.07. The van der Waals surface area contributed by atoms with Crippen molar-refractivity contribution in [2.75, 3.05) is 23.8 Å². The number of rotatable bonds is 6. The number of amides is 2. The highest BCUT2D eigenvalue weighted by Crippen LogP contribution is 2.17. The summed E-state index contributed by atoms with van der Waals surface area (Å²) in [5.41, 5.74) is 2.38. The molecule has 26 heavy (non-hydrogen) atoms. The van der Waals surface area contributed by atoms with E-state index in [-0.39, 0.29) is 24.5 Å². The van der Waals surface area contributed by atoms with Crippen molar-refractivity contribution < 1.29 is 19.1 Å². The van der Waals surface area contributed by atoms with Crippen LogP contribution in [0.5, 0.6) is 5.75 Å². The lowest BCUT2D eigenvalue weighted by molar-refractivity contribution is -0.124. The fourth-order valence-electron chi connectivity index (χ4n) is 2.70. The van der Waals surface area contributed by atoms with Crippen LogP contribution >= 0.6 is 0 Å². The van der Waals surface area contributed by atoms with Gasteiger partial charge in [-0.2, -0.15) is 0 Å². The van der Waals surface area contributed by atoms with Gasteiger partial charge in [-0.1, -0.05) is 12.1 Å². The normalized spacial score (nSPS) is 16.1. The molecule has 2 amide bonds. The van der Waals surface area contributed by atoms with E-state index in [0.29, 0.717) is 23.7 Å². The number of hydrogen-bond donors (Lipinski definition) is 2. The highest BCUT2D eigenvalue weighted by atomic mass is 16.5. The van der Waals surface area contributed by atoms with Crippen LogP contribution < -0.4 is 15.4 Å². The molecule has 2 aromatic rings. The molecule has 0 aliphatic carbocycles. The summed E-state index contributed by atoms with van der Waals surface area (Å²) in [4.78, 5) is 24.0. The molecule has 6 nitrogen and oxygen atoms in total. The van der Waals surface area contributed by atoms with Gasteiger partial charge >= 0.3 is 0 Å². The van der Waals surface area contributed by atoms with Gasteiger partial charge in [0.15, 0.2) is 6.61 Å². The highest BCUT2D eigenvalue weighted by molar-refractivity contribution is 5.95. The lowest BCUT2D eigenvalue weighted by Crippen LogP contribution is -2.26. The van der Waals surface area contributed by atoms with E-state index in [9.17, 15) is 9.59 Å². The van der Waals surface area contributed by atoms with Gasteiger partial charge in [-0.15, -0.1) is 0 Å². The molecule has 1 atom stereocenters. The zero-order chi connectivity index (χ0) is 18.4. The lowest BCUT2D eigenvalue weighted by atomic mass is 10.2. The summed E-state index contributed by atoms with van der Waals surface area (Å²) < 4.78 is 10.8. The number of nitrogens with one attached hydrogen (secondary N) is 2. The molecule has 1 heterocycles. The second-order valence-corrected chi connectivity index (χ2v) is 6.22. The zero-order valence-corrected chi connectivity index (χ0v) is 14.7. The van der Waals surface area contributed by atoms with Gasteiger partial charge in [0.05, 0.1) is 0 Å². The van der Waals surface area contributed by atoms with Gasteiger partial charge < -0.3 is 20.1 Å². The molecule has 0 saturated carbocycles. The van der Waals surface area contributed by atoms with E-state index in [1.807, 2.05) is 31.2 Å². The second-order valence-electron chi connectivity index (χ2n) is 6.22. The molecular weight excluding hydrogens is 332 g/mol. The zero-order valence-electron chi connectivity index (χ0n) is 14.7. The van der Waals surface area contributed by atoms with Crippen molar-refractivity contribution in [1.29, 1.82) is 0 Å². The van der Waals surface area contributed by atoms with E-state index < -0.39 is 0 Å². The van der Waals surface area contributed by atoms with Gasteiger partial charge in [-0.05, 0) is 61.7 Å². The minimum Gasteiger partial charge on any atom is -0.484 e. The molecule has 1 aliphatic heterocycles. The Morgan fingerprint density at radius 3 is 2.50 bits per heavy atom. The molecule has 2 aromatic carbocycles. The summed E-state index contributed by atoms with van der Waals surface area (Å²) >= 11 is 0. The fourth-order valence-corrected chi connectivity index (χ4v) is 2.70. The molecule has 0 bridgehead atoms. The minimum atomic E-state index is -0.367. The van der Waals surface area contributed by atoms with Crippen molar-refractivity contribution in [2.24, 2.45) is 0 Å². The first-order valence-electron chi connectivity index (χ1n) is 8.62. The van der Waals surface area contributed by atoms with Crippen LogP contribution in [0.2, 0.25) is 0 Å². The number of benzene rings is 2. The molecule has 2 N–H and O–H groups in total. The number of anilines is 2. The van der Waals surface area contributed by atoms with E-state index in [2.05, 4.69) is 10.6 Å². The van der Waals surface area contributed by atoms with Crippen LogP contribution in [0.3, 0.4) is 0 Å². The first-order chi connectivity index (χ1) is 12.6. The van der Waals surface area contributed by atoms with Gasteiger partial charge in [0.1, 0.15) is 11.9 Å². The summed E-state index contributed by atoms with van der Waals surface area (Å²) in [6.07, 6.45) is 1.29. The molecule has 3 rings (SSSR count). The lowest BCUT2D eigenvalue weighted by Gasteiger charge is -2.11. The van der Waals surface area contributed by atoms with E-state index >= 15 is 0 Å². The summed E-state index contributed by atoms with van der Waals surface area (Å²) in [5.74, 6) is 0.279. The molecule has 1 saturated heterocycles. The Balaban J connectivity index is 1.47. The minimum absolute atomic E-state index is 0.0685. The Morgan fingerprint density at radius 2 is 1.85 bits per heavy atom. The summed E-state index contributed by atoms with van der Waals surface area (Å²) in [5, 5.41) is 5.58. The van der Waals surface area contributed by atoms with Gasteiger partial charge in [-0.3, -0.25) is 9.59 Å². The molecule has 0 aromatic heterocycles. The average molecular weight is 354 g/mol. The van der Waals surface area contributed by atoms with Gasteiger partial charge in [0.25, 0.3) is 11.8 Å². The monoisotopic (exact) mass is 354 g/mol. The first kappa shape index (κ1) is 17.9. The highest BCUT2D eigenvalue weighted by Gasteiger charge is 2.23. The van der Waals surface area contributed by atoms with Gasteiger partial charge in [-0.25, -0.2) is 0 Å². The van der Waals surface area contributed by atoms with Crippen LogP contribution in [0.4, 0.5) is 11.4 Å². The maximum absolute atomic E-state index is 12.0. The third-order valence-electron chi connectivity index (χ3n) is 4.02.